The standard InChI is InChI=1S/C16H15N3O2/c17-10-13-4-2-6-16(18-13)19-7-8-21-15(11-19)12-3-1-5-14(20)9-12/h1-6,9,15,20H,7-8,11H2. The molecule has 1 aromatic carbocycles. The molecule has 1 aromatic heterocycles. The lowest BCUT2D eigenvalue weighted by Gasteiger charge is -2.34. The third kappa shape index (κ3) is 2.96. The fourth-order valence-electron chi connectivity index (χ4n) is 2.45. The smallest absolute Gasteiger partial charge is 0.142 e. The molecule has 1 N–H and O–H groups in total. The van der Waals surface area contributed by atoms with Crippen LogP contribution in [0.3, 0.4) is 0 Å². The summed E-state index contributed by atoms with van der Waals surface area (Å²) >= 11 is 0. The van der Waals surface area contributed by atoms with Crippen molar-refractivity contribution in [1.29, 1.82) is 5.26 Å². The van der Waals surface area contributed by atoms with Crippen molar-refractivity contribution in [2.45, 2.75) is 6.10 Å². The van der Waals surface area contributed by atoms with Crippen LogP contribution in [0.25, 0.3) is 0 Å². The van der Waals surface area contributed by atoms with E-state index < -0.39 is 0 Å². The van der Waals surface area contributed by atoms with Gasteiger partial charge >= 0.3 is 0 Å². The van der Waals surface area contributed by atoms with Gasteiger partial charge in [0.15, 0.2) is 0 Å². The number of phenolic OH excluding ortho intramolecular Hbond substituents is 1. The second kappa shape index (κ2) is 5.81. The molecule has 0 amide bonds. The van der Waals surface area contributed by atoms with Crippen molar-refractivity contribution in [2.75, 3.05) is 24.6 Å². The molecular weight excluding hydrogens is 266 g/mol. The van der Waals surface area contributed by atoms with Gasteiger partial charge < -0.3 is 14.7 Å². The number of aromatic hydroxyl groups is 1. The van der Waals surface area contributed by atoms with Gasteiger partial charge in [0.25, 0.3) is 0 Å². The number of morpholine rings is 1. The van der Waals surface area contributed by atoms with Gasteiger partial charge in [-0.05, 0) is 29.8 Å². The monoisotopic (exact) mass is 281 g/mol. The average molecular weight is 281 g/mol. The summed E-state index contributed by atoms with van der Waals surface area (Å²) in [4.78, 5) is 6.42. The normalized spacial score (nSPS) is 18.2. The van der Waals surface area contributed by atoms with Crippen molar-refractivity contribution in [3.8, 4) is 11.8 Å². The molecule has 2 heterocycles. The Bertz CT molecular complexity index is 681. The second-order valence-corrected chi connectivity index (χ2v) is 4.89. The molecule has 2 aromatic rings. The van der Waals surface area contributed by atoms with Crippen molar-refractivity contribution in [3.05, 3.63) is 53.7 Å². The molecule has 5 nitrogen and oxygen atoms in total. The molecule has 1 saturated heterocycles. The van der Waals surface area contributed by atoms with Gasteiger partial charge in [-0.2, -0.15) is 5.26 Å². The van der Waals surface area contributed by atoms with Crippen LogP contribution >= 0.6 is 0 Å². The number of rotatable bonds is 2. The zero-order valence-corrected chi connectivity index (χ0v) is 11.4. The molecule has 1 aliphatic rings. The van der Waals surface area contributed by atoms with Crippen LogP contribution in [0.5, 0.6) is 5.75 Å². The number of hydrogen-bond donors (Lipinski definition) is 1. The lowest BCUT2D eigenvalue weighted by Crippen LogP contribution is -2.38. The molecule has 0 aliphatic carbocycles. The average Bonchev–Trinajstić information content (AvgIpc) is 2.55. The number of nitrogens with zero attached hydrogens (tertiary/aromatic N) is 3. The van der Waals surface area contributed by atoms with E-state index in [1.807, 2.05) is 24.3 Å². The van der Waals surface area contributed by atoms with Gasteiger partial charge in [-0.3, -0.25) is 0 Å². The van der Waals surface area contributed by atoms with Crippen LogP contribution in [-0.2, 0) is 4.74 Å². The Morgan fingerprint density at radius 1 is 1.29 bits per heavy atom. The molecule has 1 atom stereocenters. The third-order valence-corrected chi connectivity index (χ3v) is 3.48. The van der Waals surface area contributed by atoms with Crippen molar-refractivity contribution in [3.63, 3.8) is 0 Å². The Labute approximate surface area is 123 Å². The zero-order valence-electron chi connectivity index (χ0n) is 11.4. The lowest BCUT2D eigenvalue weighted by atomic mass is 10.1. The van der Waals surface area contributed by atoms with Crippen LogP contribution in [0.4, 0.5) is 5.82 Å². The molecule has 1 unspecified atom stereocenters. The third-order valence-electron chi connectivity index (χ3n) is 3.48. The minimum Gasteiger partial charge on any atom is -0.508 e. The van der Waals surface area contributed by atoms with Gasteiger partial charge in [-0.25, -0.2) is 4.98 Å². The summed E-state index contributed by atoms with van der Waals surface area (Å²) in [6, 6.07) is 14.6. The van der Waals surface area contributed by atoms with E-state index >= 15 is 0 Å². The minimum absolute atomic E-state index is 0.113. The Kier molecular flexibility index (Phi) is 3.71. The molecule has 106 valence electrons. The number of hydrogen-bond acceptors (Lipinski definition) is 5. The Hall–Kier alpha value is -2.58. The number of ether oxygens (including phenoxy) is 1. The van der Waals surface area contributed by atoms with Gasteiger partial charge in [-0.1, -0.05) is 18.2 Å². The van der Waals surface area contributed by atoms with Crippen molar-refractivity contribution < 1.29 is 9.84 Å². The van der Waals surface area contributed by atoms with E-state index in [2.05, 4.69) is 16.0 Å². The SMILES string of the molecule is N#Cc1cccc(N2CCOC(c3cccc(O)c3)C2)n1. The summed E-state index contributed by atoms with van der Waals surface area (Å²) in [7, 11) is 0. The topological polar surface area (TPSA) is 69.4 Å². The highest BCUT2D eigenvalue weighted by molar-refractivity contribution is 5.43. The van der Waals surface area contributed by atoms with Crippen LogP contribution in [0.15, 0.2) is 42.5 Å². The first-order valence-corrected chi connectivity index (χ1v) is 6.79. The van der Waals surface area contributed by atoms with E-state index in [9.17, 15) is 5.11 Å². The van der Waals surface area contributed by atoms with Crippen LogP contribution in [0.2, 0.25) is 0 Å². The molecule has 1 aliphatic heterocycles. The Morgan fingerprint density at radius 3 is 2.95 bits per heavy atom. The first-order valence-electron chi connectivity index (χ1n) is 6.79. The van der Waals surface area contributed by atoms with E-state index in [0.29, 0.717) is 18.8 Å². The Balaban J connectivity index is 1.81. The van der Waals surface area contributed by atoms with Crippen molar-refractivity contribution >= 4 is 5.82 Å². The predicted octanol–water partition coefficient (Wildman–Crippen LogP) is 2.24. The first kappa shape index (κ1) is 13.4. The molecule has 0 saturated carbocycles. The number of aromatic nitrogens is 1. The van der Waals surface area contributed by atoms with E-state index in [-0.39, 0.29) is 11.9 Å². The number of phenols is 1. The number of benzene rings is 1. The van der Waals surface area contributed by atoms with Crippen molar-refractivity contribution in [1.82, 2.24) is 4.98 Å². The van der Waals surface area contributed by atoms with E-state index in [1.165, 1.54) is 0 Å². The first-order chi connectivity index (χ1) is 10.3. The molecule has 21 heavy (non-hydrogen) atoms. The fourth-order valence-corrected chi connectivity index (χ4v) is 2.45. The second-order valence-electron chi connectivity index (χ2n) is 4.89. The maximum Gasteiger partial charge on any atom is 0.142 e. The highest BCUT2D eigenvalue weighted by Gasteiger charge is 2.23. The van der Waals surface area contributed by atoms with Crippen LogP contribution < -0.4 is 4.90 Å². The molecule has 0 bridgehead atoms. The zero-order chi connectivity index (χ0) is 14.7. The highest BCUT2D eigenvalue weighted by atomic mass is 16.5. The van der Waals surface area contributed by atoms with Crippen LogP contribution in [0, 0.1) is 11.3 Å². The predicted molar refractivity (Wildman–Crippen MR) is 78.0 cm³/mol. The van der Waals surface area contributed by atoms with Gasteiger partial charge in [0.05, 0.1) is 6.61 Å². The lowest BCUT2D eigenvalue weighted by molar-refractivity contribution is 0.0394. The summed E-state index contributed by atoms with van der Waals surface area (Å²) in [5, 5.41) is 18.5. The highest BCUT2D eigenvalue weighted by Crippen LogP contribution is 2.27. The quantitative estimate of drug-likeness (QED) is 0.914. The maximum atomic E-state index is 9.58. The molecule has 0 spiro atoms. The summed E-state index contributed by atoms with van der Waals surface area (Å²) in [5.41, 5.74) is 1.35. The van der Waals surface area contributed by atoms with Gasteiger partial charge in [0.2, 0.25) is 0 Å². The maximum absolute atomic E-state index is 9.58. The number of pyridine rings is 1. The van der Waals surface area contributed by atoms with Crippen LogP contribution in [0.1, 0.15) is 17.4 Å². The van der Waals surface area contributed by atoms with E-state index in [4.69, 9.17) is 10.00 Å². The summed E-state index contributed by atoms with van der Waals surface area (Å²) in [6.45, 7) is 1.96. The Morgan fingerprint density at radius 2 is 2.14 bits per heavy atom. The van der Waals surface area contributed by atoms with Gasteiger partial charge in [0.1, 0.15) is 29.4 Å². The number of nitriles is 1. The van der Waals surface area contributed by atoms with Gasteiger partial charge in [0, 0.05) is 13.1 Å². The van der Waals surface area contributed by atoms with Crippen LogP contribution in [-0.4, -0.2) is 29.8 Å². The molecular formula is C16H15N3O2. The summed E-state index contributed by atoms with van der Waals surface area (Å²) in [5.74, 6) is 1.01. The largest absolute Gasteiger partial charge is 0.508 e. The van der Waals surface area contributed by atoms with Gasteiger partial charge in [-0.15, -0.1) is 0 Å². The van der Waals surface area contributed by atoms with Crippen molar-refractivity contribution in [2.24, 2.45) is 0 Å². The van der Waals surface area contributed by atoms with E-state index in [0.717, 1.165) is 17.9 Å². The fraction of sp³-hybridized carbons (Fsp3) is 0.250. The minimum atomic E-state index is -0.113. The molecule has 5 heteroatoms. The summed E-state index contributed by atoms with van der Waals surface area (Å²) in [6.07, 6.45) is -0.113. The number of anilines is 1. The van der Waals surface area contributed by atoms with E-state index in [1.54, 1.807) is 18.2 Å². The molecule has 1 fully saturated rings. The summed E-state index contributed by atoms with van der Waals surface area (Å²) < 4.78 is 5.78. The molecule has 3 rings (SSSR count). The molecule has 0 radical (unpaired) electrons.